The Morgan fingerprint density at radius 1 is 1.45 bits per heavy atom. The van der Waals surface area contributed by atoms with Crippen LogP contribution in [0.1, 0.15) is 6.92 Å². The van der Waals surface area contributed by atoms with Crippen molar-refractivity contribution in [3.8, 4) is 0 Å². The Morgan fingerprint density at radius 2 is 2.10 bits per heavy atom. The maximum atomic E-state index is 13.0. The Balaban J connectivity index is 2.35. The van der Waals surface area contributed by atoms with Crippen LogP contribution in [0.15, 0.2) is 24.3 Å². The molecule has 20 heavy (non-hydrogen) atoms. The lowest BCUT2D eigenvalue weighted by Gasteiger charge is -2.35. The molecule has 106 valence electrons. The fourth-order valence-corrected chi connectivity index (χ4v) is 1.99. The molecule has 0 bridgehead atoms. The molecule has 1 atom stereocenters. The number of carbonyl (C=O) groups is 2. The molecule has 1 aromatic rings. The van der Waals surface area contributed by atoms with E-state index in [4.69, 9.17) is 17.0 Å². The summed E-state index contributed by atoms with van der Waals surface area (Å²) < 4.78 is 17.9. The van der Waals surface area contributed by atoms with E-state index in [-0.39, 0.29) is 11.6 Å². The molecule has 2 N–H and O–H groups in total. The van der Waals surface area contributed by atoms with Crippen LogP contribution in [0, 0.1) is 5.82 Å². The van der Waals surface area contributed by atoms with Crippen LogP contribution in [-0.4, -0.2) is 29.6 Å². The number of carbonyl (C=O) groups excluding carboxylic acids is 2. The molecule has 0 radical (unpaired) electrons. The highest BCUT2D eigenvalue weighted by molar-refractivity contribution is 7.82. The predicted octanol–water partition coefficient (Wildman–Crippen LogP) is 0.483. The molecule has 8 heteroatoms. The Kier molecular flexibility index (Phi) is 4.26. The highest BCUT2D eigenvalue weighted by Gasteiger charge is 2.37. The van der Waals surface area contributed by atoms with Crippen LogP contribution in [-0.2, 0) is 14.3 Å². The Bertz CT molecular complexity index is 549. The second-order valence-corrected chi connectivity index (χ2v) is 4.29. The summed E-state index contributed by atoms with van der Waals surface area (Å²) in [5.41, 5.74) is 5.22. The molecule has 2 rings (SSSR count). The lowest BCUT2D eigenvalue weighted by molar-refractivity contribution is -0.146. The number of ether oxygens (including phenoxy) is 1. The SMILES string of the molecule is CCOC(=O)C1NNC(=O)C(=S)N1c1ccc(F)cc1. The number of rotatable bonds is 3. The van der Waals surface area contributed by atoms with Gasteiger partial charge in [-0.15, -0.1) is 0 Å². The number of halogens is 1. The van der Waals surface area contributed by atoms with Crippen molar-refractivity contribution in [2.24, 2.45) is 0 Å². The number of nitrogens with one attached hydrogen (secondary N) is 2. The average Bonchev–Trinajstić information content (AvgIpc) is 2.43. The van der Waals surface area contributed by atoms with E-state index in [1.165, 1.54) is 29.2 Å². The molecular formula is C12H12FN3O3S. The van der Waals surface area contributed by atoms with Crippen molar-refractivity contribution >= 4 is 34.8 Å². The van der Waals surface area contributed by atoms with Gasteiger partial charge in [0.2, 0.25) is 6.17 Å². The van der Waals surface area contributed by atoms with Crippen molar-refractivity contribution in [3.63, 3.8) is 0 Å². The summed E-state index contributed by atoms with van der Waals surface area (Å²) in [4.78, 5) is 24.7. The van der Waals surface area contributed by atoms with E-state index < -0.39 is 23.9 Å². The van der Waals surface area contributed by atoms with Gasteiger partial charge in [0.1, 0.15) is 5.82 Å². The highest BCUT2D eigenvalue weighted by atomic mass is 32.1. The minimum absolute atomic E-state index is 0.103. The van der Waals surface area contributed by atoms with E-state index in [0.717, 1.165) is 0 Å². The van der Waals surface area contributed by atoms with Gasteiger partial charge in [-0.2, -0.15) is 0 Å². The Morgan fingerprint density at radius 3 is 2.70 bits per heavy atom. The maximum Gasteiger partial charge on any atom is 0.346 e. The van der Waals surface area contributed by atoms with Crippen LogP contribution >= 0.6 is 12.2 Å². The topological polar surface area (TPSA) is 70.7 Å². The Labute approximate surface area is 119 Å². The minimum atomic E-state index is -0.995. The molecule has 0 aliphatic carbocycles. The van der Waals surface area contributed by atoms with E-state index >= 15 is 0 Å². The van der Waals surface area contributed by atoms with Crippen molar-refractivity contribution in [2.75, 3.05) is 11.5 Å². The lowest BCUT2D eigenvalue weighted by Crippen LogP contribution is -2.67. The zero-order valence-corrected chi connectivity index (χ0v) is 11.4. The van der Waals surface area contributed by atoms with Gasteiger partial charge in [-0.05, 0) is 31.2 Å². The number of hydrogen-bond acceptors (Lipinski definition) is 5. The van der Waals surface area contributed by atoms with Gasteiger partial charge in [0.15, 0.2) is 4.99 Å². The lowest BCUT2D eigenvalue weighted by atomic mass is 10.2. The van der Waals surface area contributed by atoms with Gasteiger partial charge in [-0.3, -0.25) is 10.2 Å². The standard InChI is InChI=1S/C12H12FN3O3S/c1-2-19-12(18)9-14-15-10(17)11(20)16(9)8-5-3-7(13)4-6-8/h3-6,9,14H,2H2,1H3,(H,15,17). The number of nitrogens with zero attached hydrogens (tertiary/aromatic N) is 1. The van der Waals surface area contributed by atoms with Crippen LogP contribution in [0.3, 0.4) is 0 Å². The third kappa shape index (κ3) is 2.75. The average molecular weight is 297 g/mol. The van der Waals surface area contributed by atoms with Crippen LogP contribution in [0.5, 0.6) is 0 Å². The summed E-state index contributed by atoms with van der Waals surface area (Å²) in [6, 6.07) is 5.28. The van der Waals surface area contributed by atoms with E-state index in [2.05, 4.69) is 10.9 Å². The summed E-state index contributed by atoms with van der Waals surface area (Å²) in [6.45, 7) is 1.86. The van der Waals surface area contributed by atoms with Crippen molar-refractivity contribution in [1.29, 1.82) is 0 Å². The van der Waals surface area contributed by atoms with Crippen LogP contribution in [0.25, 0.3) is 0 Å². The van der Waals surface area contributed by atoms with E-state index in [9.17, 15) is 14.0 Å². The number of hydrogen-bond donors (Lipinski definition) is 2. The monoisotopic (exact) mass is 297 g/mol. The minimum Gasteiger partial charge on any atom is -0.463 e. The van der Waals surface area contributed by atoms with Gasteiger partial charge in [-0.1, -0.05) is 12.2 Å². The molecule has 0 saturated carbocycles. The van der Waals surface area contributed by atoms with Crippen molar-refractivity contribution in [2.45, 2.75) is 13.1 Å². The van der Waals surface area contributed by atoms with Gasteiger partial charge >= 0.3 is 5.97 Å². The first-order valence-electron chi connectivity index (χ1n) is 5.86. The molecule has 1 heterocycles. The molecule has 1 fully saturated rings. The molecule has 1 saturated heterocycles. The number of hydrazine groups is 1. The third-order valence-corrected chi connectivity index (χ3v) is 2.99. The van der Waals surface area contributed by atoms with Crippen LogP contribution in [0.4, 0.5) is 10.1 Å². The Hall–Kier alpha value is -2.06. The first-order chi connectivity index (χ1) is 9.54. The summed E-state index contributed by atoms with van der Waals surface area (Å²) in [7, 11) is 0. The molecule has 1 amide bonds. The molecule has 1 aliphatic heterocycles. The van der Waals surface area contributed by atoms with E-state index in [0.29, 0.717) is 5.69 Å². The fourth-order valence-electron chi connectivity index (χ4n) is 1.73. The molecule has 1 aromatic carbocycles. The van der Waals surface area contributed by atoms with Crippen LogP contribution < -0.4 is 15.8 Å². The van der Waals surface area contributed by atoms with Crippen molar-refractivity contribution < 1.29 is 18.7 Å². The van der Waals surface area contributed by atoms with Gasteiger partial charge in [0, 0.05) is 5.69 Å². The zero-order valence-electron chi connectivity index (χ0n) is 10.6. The smallest absolute Gasteiger partial charge is 0.346 e. The normalized spacial score (nSPS) is 18.7. The first kappa shape index (κ1) is 14.4. The van der Waals surface area contributed by atoms with Gasteiger partial charge in [0.05, 0.1) is 6.61 Å². The van der Waals surface area contributed by atoms with Gasteiger partial charge in [0.25, 0.3) is 5.91 Å². The number of amides is 1. The van der Waals surface area contributed by atoms with E-state index in [1.54, 1.807) is 6.92 Å². The van der Waals surface area contributed by atoms with Crippen molar-refractivity contribution in [1.82, 2.24) is 10.9 Å². The third-order valence-electron chi connectivity index (χ3n) is 2.61. The largest absolute Gasteiger partial charge is 0.463 e. The predicted molar refractivity (Wildman–Crippen MR) is 73.2 cm³/mol. The molecule has 0 spiro atoms. The summed E-state index contributed by atoms with van der Waals surface area (Å²) in [6.07, 6.45) is -0.995. The second kappa shape index (κ2) is 5.93. The molecule has 0 aromatic heterocycles. The molecule has 1 unspecified atom stereocenters. The fraction of sp³-hybridized carbons (Fsp3) is 0.250. The maximum absolute atomic E-state index is 13.0. The summed E-state index contributed by atoms with van der Waals surface area (Å²) in [5.74, 6) is -1.58. The zero-order chi connectivity index (χ0) is 14.7. The number of esters is 1. The first-order valence-corrected chi connectivity index (χ1v) is 6.26. The molecular weight excluding hydrogens is 285 g/mol. The van der Waals surface area contributed by atoms with Crippen LogP contribution in [0.2, 0.25) is 0 Å². The summed E-state index contributed by atoms with van der Waals surface area (Å²) >= 11 is 5.02. The molecule has 6 nitrogen and oxygen atoms in total. The molecule has 1 aliphatic rings. The number of benzene rings is 1. The summed E-state index contributed by atoms with van der Waals surface area (Å²) in [5, 5.41) is 0. The quantitative estimate of drug-likeness (QED) is 0.625. The van der Waals surface area contributed by atoms with Gasteiger partial charge in [-0.25, -0.2) is 14.6 Å². The van der Waals surface area contributed by atoms with Gasteiger partial charge < -0.3 is 9.64 Å². The highest BCUT2D eigenvalue weighted by Crippen LogP contribution is 2.20. The number of thiocarbonyl (C=S) groups is 1. The van der Waals surface area contributed by atoms with E-state index in [1.807, 2.05) is 0 Å². The second-order valence-electron chi connectivity index (χ2n) is 3.90. The van der Waals surface area contributed by atoms with Crippen molar-refractivity contribution in [3.05, 3.63) is 30.1 Å². The number of anilines is 1.